The van der Waals surface area contributed by atoms with E-state index in [4.69, 9.17) is 5.73 Å². The van der Waals surface area contributed by atoms with Gasteiger partial charge >= 0.3 is 0 Å². The van der Waals surface area contributed by atoms with E-state index in [2.05, 4.69) is 4.98 Å². The highest BCUT2D eigenvalue weighted by Crippen LogP contribution is 1.81. The lowest BCUT2D eigenvalue weighted by Gasteiger charge is -1.97. The highest BCUT2D eigenvalue weighted by atomic mass is 16.1. The summed E-state index contributed by atoms with van der Waals surface area (Å²) in [7, 11) is 0. The van der Waals surface area contributed by atoms with Gasteiger partial charge in [0, 0.05) is 17.5 Å². The van der Waals surface area contributed by atoms with Gasteiger partial charge in [-0.15, -0.1) is 0 Å². The van der Waals surface area contributed by atoms with Crippen LogP contribution in [0.4, 0.5) is 0 Å². The van der Waals surface area contributed by atoms with E-state index in [1.54, 1.807) is 0 Å². The number of hydrogen-bond donors (Lipinski definition) is 2. The van der Waals surface area contributed by atoms with Gasteiger partial charge in [-0.1, -0.05) is 45.1 Å². The second-order valence-corrected chi connectivity index (χ2v) is 3.50. The van der Waals surface area contributed by atoms with Crippen molar-refractivity contribution >= 4 is 12.2 Å². The van der Waals surface area contributed by atoms with Crippen molar-refractivity contribution in [1.82, 2.24) is 4.98 Å². The van der Waals surface area contributed by atoms with Crippen molar-refractivity contribution in [1.29, 1.82) is 0 Å². The molecule has 3 N–H and O–H groups in total. The van der Waals surface area contributed by atoms with Crippen molar-refractivity contribution < 1.29 is 0 Å². The van der Waals surface area contributed by atoms with Gasteiger partial charge < -0.3 is 10.7 Å². The number of nitrogens with two attached hydrogens (primary N) is 1. The van der Waals surface area contributed by atoms with Gasteiger partial charge in [-0.2, -0.15) is 0 Å². The molecule has 0 radical (unpaired) electrons. The minimum Gasteiger partial charge on any atom is -0.325 e. The minimum atomic E-state index is -0.0689. The van der Waals surface area contributed by atoms with Crippen LogP contribution < -0.4 is 21.7 Å². The minimum absolute atomic E-state index is 0.0689. The molecule has 0 saturated carbocycles. The van der Waals surface area contributed by atoms with Gasteiger partial charge in [-0.25, -0.2) is 0 Å². The molecule has 0 atom stereocenters. The maximum Gasteiger partial charge on any atom is 0.255 e. The molecule has 3 nitrogen and oxygen atoms in total. The molecule has 1 rings (SSSR count). The summed E-state index contributed by atoms with van der Waals surface area (Å²) in [6.45, 7) is 8.30. The van der Waals surface area contributed by atoms with Crippen LogP contribution in [0.5, 0.6) is 0 Å². The van der Waals surface area contributed by atoms with E-state index >= 15 is 0 Å². The highest BCUT2D eigenvalue weighted by Gasteiger charge is 1.95. The maximum absolute atomic E-state index is 11.8. The topological polar surface area (TPSA) is 58.9 Å². The lowest BCUT2D eigenvalue weighted by atomic mass is 10.2. The summed E-state index contributed by atoms with van der Waals surface area (Å²) < 4.78 is 0. The van der Waals surface area contributed by atoms with Crippen molar-refractivity contribution in [3.8, 4) is 0 Å². The summed E-state index contributed by atoms with van der Waals surface area (Å²) in [6, 6.07) is 1.92. The first kappa shape index (κ1) is 16.4. The summed E-state index contributed by atoms with van der Waals surface area (Å²) in [5.41, 5.74) is 6.22. The third-order valence-corrected chi connectivity index (χ3v) is 2.26. The third-order valence-electron chi connectivity index (χ3n) is 2.26. The van der Waals surface area contributed by atoms with Gasteiger partial charge in [0.2, 0.25) is 0 Å². The monoisotopic (exact) mass is 248 g/mol. The number of H-pyrrole nitrogens is 1. The predicted molar refractivity (Wildman–Crippen MR) is 79.6 cm³/mol. The molecule has 18 heavy (non-hydrogen) atoms. The molecule has 0 spiro atoms. The maximum atomic E-state index is 11.8. The van der Waals surface area contributed by atoms with E-state index in [1.807, 2.05) is 58.1 Å². The van der Waals surface area contributed by atoms with Crippen molar-refractivity contribution in [3.05, 3.63) is 44.7 Å². The van der Waals surface area contributed by atoms with Gasteiger partial charge in [0.05, 0.1) is 0 Å². The van der Waals surface area contributed by atoms with Crippen molar-refractivity contribution in [2.45, 2.75) is 40.7 Å². The van der Waals surface area contributed by atoms with E-state index in [1.165, 1.54) is 0 Å². The van der Waals surface area contributed by atoms with Gasteiger partial charge in [-0.3, -0.25) is 4.79 Å². The number of aromatic nitrogens is 1. The first-order valence-corrected chi connectivity index (χ1v) is 6.48. The summed E-state index contributed by atoms with van der Waals surface area (Å²) in [4.78, 5) is 14.6. The number of nitrogens with one attached hydrogen (secondary N) is 1. The fraction of sp³-hybridized carbons (Fsp3) is 0.400. The number of allylic oxidation sites excluding steroid dienone is 2. The molecule has 1 aromatic rings. The molecule has 0 amide bonds. The van der Waals surface area contributed by atoms with Crippen LogP contribution in [0.3, 0.4) is 0 Å². The van der Waals surface area contributed by atoms with E-state index in [0.29, 0.717) is 6.54 Å². The van der Waals surface area contributed by atoms with Crippen molar-refractivity contribution in [2.75, 3.05) is 0 Å². The molecule has 1 heterocycles. The Morgan fingerprint density at radius 1 is 1.39 bits per heavy atom. The summed E-state index contributed by atoms with van der Waals surface area (Å²) in [5, 5.41) is 1.64. The molecule has 0 aliphatic rings. The Labute approximate surface area is 109 Å². The molecule has 0 fully saturated rings. The van der Waals surface area contributed by atoms with Crippen LogP contribution in [-0.2, 0) is 6.54 Å². The molecule has 0 bridgehead atoms. The van der Waals surface area contributed by atoms with E-state index in [0.717, 1.165) is 22.6 Å². The Balaban J connectivity index is 0.00000137. The Hall–Kier alpha value is -1.61. The lowest BCUT2D eigenvalue weighted by Crippen LogP contribution is -2.41. The number of pyridine rings is 1. The van der Waals surface area contributed by atoms with Gasteiger partial charge in [0.25, 0.3) is 5.56 Å². The van der Waals surface area contributed by atoms with E-state index < -0.39 is 0 Å². The quantitative estimate of drug-likeness (QED) is 0.849. The second kappa shape index (κ2) is 9.42. The molecule has 0 aliphatic heterocycles. The number of hydrogen-bond acceptors (Lipinski definition) is 2. The van der Waals surface area contributed by atoms with Gasteiger partial charge in [0.15, 0.2) is 0 Å². The fourth-order valence-electron chi connectivity index (χ4n) is 1.51. The first-order valence-electron chi connectivity index (χ1n) is 6.48. The van der Waals surface area contributed by atoms with Crippen LogP contribution in [-0.4, -0.2) is 4.98 Å². The zero-order valence-corrected chi connectivity index (χ0v) is 11.8. The Morgan fingerprint density at radius 3 is 2.56 bits per heavy atom. The average Bonchev–Trinajstić information content (AvgIpc) is 2.41. The van der Waals surface area contributed by atoms with Crippen LogP contribution >= 0.6 is 0 Å². The molecule has 1 aromatic heterocycles. The normalized spacial score (nSPS) is 12.7. The van der Waals surface area contributed by atoms with Crippen LogP contribution in [0.15, 0.2) is 23.0 Å². The zero-order valence-electron chi connectivity index (χ0n) is 11.8. The largest absolute Gasteiger partial charge is 0.325 e. The molecular weight excluding hydrogens is 224 g/mol. The zero-order chi connectivity index (χ0) is 14.0. The Morgan fingerprint density at radius 2 is 2.06 bits per heavy atom. The number of rotatable bonds is 3. The van der Waals surface area contributed by atoms with E-state index in [9.17, 15) is 4.79 Å². The first-order chi connectivity index (χ1) is 8.72. The smallest absolute Gasteiger partial charge is 0.255 e. The predicted octanol–water partition coefficient (Wildman–Crippen LogP) is 1.41. The molecular formula is C15H24N2O. The van der Waals surface area contributed by atoms with Gasteiger partial charge in [0.1, 0.15) is 0 Å². The Kier molecular flexibility index (Phi) is 8.58. The summed E-state index contributed by atoms with van der Waals surface area (Å²) in [6.07, 6.45) is 8.53. The molecule has 0 saturated heterocycles. The highest BCUT2D eigenvalue weighted by molar-refractivity contribution is 5.39. The summed E-state index contributed by atoms with van der Waals surface area (Å²) >= 11 is 0. The standard InChI is InChI=1S/C13H18N2O.C2H6/c1-3-5-7-10-8-11(9-14)15-13(16)12(10)6-4-2;1-2/h3,5-8H,4,9,14H2,1-2H3,(H,15,16);1-2H3/b5-3-,10-7-,12-6+;. The number of aromatic amines is 1. The van der Waals surface area contributed by atoms with Gasteiger partial charge in [-0.05, 0) is 24.6 Å². The van der Waals surface area contributed by atoms with Crippen LogP contribution in [0, 0.1) is 0 Å². The van der Waals surface area contributed by atoms with Crippen molar-refractivity contribution in [3.63, 3.8) is 0 Å². The molecule has 0 unspecified atom stereocenters. The second-order valence-electron chi connectivity index (χ2n) is 3.50. The third kappa shape index (κ3) is 4.72. The molecule has 3 heteroatoms. The molecule has 0 aliphatic carbocycles. The Bertz CT molecular complexity index is 539. The summed E-state index contributed by atoms with van der Waals surface area (Å²) in [5.74, 6) is 0. The van der Waals surface area contributed by atoms with Crippen LogP contribution in [0.25, 0.3) is 12.2 Å². The van der Waals surface area contributed by atoms with E-state index in [-0.39, 0.29) is 5.56 Å². The van der Waals surface area contributed by atoms with Crippen molar-refractivity contribution in [2.24, 2.45) is 5.73 Å². The van der Waals surface area contributed by atoms with Crippen LogP contribution in [0.1, 0.15) is 39.8 Å². The molecule has 0 aromatic carbocycles. The average molecular weight is 248 g/mol. The van der Waals surface area contributed by atoms with Crippen LogP contribution in [0.2, 0.25) is 0 Å². The SMILES string of the molecule is CC.C\C=C/C=c1/cc(CN)[nH]c(=O)/c1=C/CC. The lowest BCUT2D eigenvalue weighted by molar-refractivity contribution is 0.959. The fourth-order valence-corrected chi connectivity index (χ4v) is 1.51. The molecule has 100 valence electrons.